The molecule has 1 amide bonds. The highest BCUT2D eigenvalue weighted by Crippen LogP contribution is 2.29. The van der Waals surface area contributed by atoms with E-state index in [0.717, 1.165) is 45.5 Å². The Bertz CT molecular complexity index is 1220. The van der Waals surface area contributed by atoms with Gasteiger partial charge in [0.15, 0.2) is 5.76 Å². The minimum absolute atomic E-state index is 0.0484. The molecule has 1 aliphatic heterocycles. The third kappa shape index (κ3) is 3.23. The van der Waals surface area contributed by atoms with E-state index in [2.05, 4.69) is 24.0 Å². The van der Waals surface area contributed by atoms with E-state index in [1.54, 1.807) is 0 Å². The van der Waals surface area contributed by atoms with Gasteiger partial charge in [-0.3, -0.25) is 4.79 Å². The van der Waals surface area contributed by atoms with Crippen LogP contribution in [0, 0.1) is 6.92 Å². The first-order chi connectivity index (χ1) is 14.1. The van der Waals surface area contributed by atoms with Crippen molar-refractivity contribution in [3.05, 3.63) is 77.0 Å². The summed E-state index contributed by atoms with van der Waals surface area (Å²) in [6.45, 7) is 4.94. The number of benzene rings is 3. The summed E-state index contributed by atoms with van der Waals surface area (Å²) in [5, 5.41) is 3.97. The number of anilines is 1. The molecule has 0 unspecified atom stereocenters. The fourth-order valence-electron chi connectivity index (χ4n) is 4.13. The van der Waals surface area contributed by atoms with Crippen LogP contribution >= 0.6 is 11.6 Å². The highest BCUT2D eigenvalue weighted by molar-refractivity contribution is 6.30. The van der Waals surface area contributed by atoms with E-state index in [0.29, 0.717) is 18.8 Å². The zero-order valence-electron chi connectivity index (χ0n) is 16.2. The molecule has 0 spiro atoms. The standard InChI is InChI=1S/C24H21ClN2O2/c1-16-6-8-18(25)14-21(16)26-10-12-27(13-11-26)24(28)23-15-20-19-5-3-2-4-17(19)7-9-22(20)29-23/h2-9,14-15H,10-13H2,1H3. The van der Waals surface area contributed by atoms with Gasteiger partial charge in [0, 0.05) is 42.3 Å². The molecule has 5 heteroatoms. The Morgan fingerprint density at radius 3 is 2.55 bits per heavy atom. The lowest BCUT2D eigenvalue weighted by Crippen LogP contribution is -2.48. The number of amides is 1. The van der Waals surface area contributed by atoms with Crippen LogP contribution in [-0.4, -0.2) is 37.0 Å². The van der Waals surface area contributed by atoms with Crippen LogP contribution in [0.5, 0.6) is 0 Å². The SMILES string of the molecule is Cc1ccc(Cl)cc1N1CCN(C(=O)c2cc3c(ccc4ccccc43)o2)CC1. The number of hydrogen-bond donors (Lipinski definition) is 0. The molecule has 0 radical (unpaired) electrons. The molecular weight excluding hydrogens is 384 g/mol. The average Bonchev–Trinajstić information content (AvgIpc) is 3.20. The molecule has 0 bridgehead atoms. The molecule has 1 saturated heterocycles. The maximum absolute atomic E-state index is 13.1. The molecule has 1 aromatic heterocycles. The average molecular weight is 405 g/mol. The van der Waals surface area contributed by atoms with E-state index < -0.39 is 0 Å². The molecule has 0 atom stereocenters. The summed E-state index contributed by atoms with van der Waals surface area (Å²) < 4.78 is 5.92. The number of carbonyl (C=O) groups excluding carboxylic acids is 1. The Labute approximate surface area is 174 Å². The minimum atomic E-state index is -0.0484. The third-order valence-electron chi connectivity index (χ3n) is 5.72. The van der Waals surface area contributed by atoms with Crippen molar-refractivity contribution in [1.82, 2.24) is 4.90 Å². The van der Waals surface area contributed by atoms with Crippen LogP contribution in [0.4, 0.5) is 5.69 Å². The van der Waals surface area contributed by atoms with E-state index in [1.807, 2.05) is 53.4 Å². The van der Waals surface area contributed by atoms with Crippen molar-refractivity contribution < 1.29 is 9.21 Å². The number of halogens is 1. The number of piperazine rings is 1. The van der Waals surface area contributed by atoms with Crippen LogP contribution in [0.15, 0.2) is 65.1 Å². The second-order valence-electron chi connectivity index (χ2n) is 7.52. The molecule has 146 valence electrons. The first-order valence-corrected chi connectivity index (χ1v) is 10.2. The molecule has 29 heavy (non-hydrogen) atoms. The second-order valence-corrected chi connectivity index (χ2v) is 7.96. The molecule has 0 saturated carbocycles. The van der Waals surface area contributed by atoms with Crippen LogP contribution < -0.4 is 4.90 Å². The normalized spacial score (nSPS) is 14.7. The van der Waals surface area contributed by atoms with Gasteiger partial charge in [0.05, 0.1) is 0 Å². The van der Waals surface area contributed by atoms with Gasteiger partial charge in [-0.15, -0.1) is 0 Å². The van der Waals surface area contributed by atoms with Crippen molar-refractivity contribution in [2.45, 2.75) is 6.92 Å². The summed E-state index contributed by atoms with van der Waals surface area (Å²) in [6.07, 6.45) is 0. The van der Waals surface area contributed by atoms with Gasteiger partial charge in [0.25, 0.3) is 5.91 Å². The van der Waals surface area contributed by atoms with E-state index in [1.165, 1.54) is 5.56 Å². The molecule has 0 aliphatic carbocycles. The van der Waals surface area contributed by atoms with Crippen molar-refractivity contribution in [2.24, 2.45) is 0 Å². The van der Waals surface area contributed by atoms with Crippen LogP contribution in [-0.2, 0) is 0 Å². The molecule has 4 nitrogen and oxygen atoms in total. The van der Waals surface area contributed by atoms with Gasteiger partial charge < -0.3 is 14.2 Å². The van der Waals surface area contributed by atoms with Crippen LogP contribution in [0.1, 0.15) is 16.1 Å². The molecular formula is C24H21ClN2O2. The Morgan fingerprint density at radius 2 is 1.72 bits per heavy atom. The number of hydrogen-bond acceptors (Lipinski definition) is 3. The monoisotopic (exact) mass is 404 g/mol. The van der Waals surface area contributed by atoms with E-state index in [9.17, 15) is 4.79 Å². The van der Waals surface area contributed by atoms with Crippen molar-refractivity contribution >= 4 is 44.9 Å². The van der Waals surface area contributed by atoms with Gasteiger partial charge in [-0.05, 0) is 47.5 Å². The maximum atomic E-state index is 13.1. The molecule has 5 rings (SSSR count). The number of nitrogens with zero attached hydrogens (tertiary/aromatic N) is 2. The Balaban J connectivity index is 1.37. The van der Waals surface area contributed by atoms with Crippen molar-refractivity contribution in [1.29, 1.82) is 0 Å². The topological polar surface area (TPSA) is 36.7 Å². The number of fused-ring (bicyclic) bond motifs is 3. The molecule has 0 N–H and O–H groups in total. The van der Waals surface area contributed by atoms with E-state index in [4.69, 9.17) is 16.0 Å². The number of carbonyl (C=O) groups is 1. The smallest absolute Gasteiger partial charge is 0.289 e. The van der Waals surface area contributed by atoms with Gasteiger partial charge in [0.2, 0.25) is 0 Å². The Hall–Kier alpha value is -2.98. The van der Waals surface area contributed by atoms with Crippen molar-refractivity contribution in [3.8, 4) is 0 Å². The highest BCUT2D eigenvalue weighted by Gasteiger charge is 2.25. The third-order valence-corrected chi connectivity index (χ3v) is 5.95. The Kier molecular flexibility index (Phi) is 4.44. The molecule has 1 fully saturated rings. The predicted molar refractivity (Wildman–Crippen MR) is 118 cm³/mol. The lowest BCUT2D eigenvalue weighted by Gasteiger charge is -2.36. The van der Waals surface area contributed by atoms with E-state index in [-0.39, 0.29) is 5.91 Å². The largest absolute Gasteiger partial charge is 0.451 e. The minimum Gasteiger partial charge on any atom is -0.451 e. The molecule has 4 aromatic rings. The molecule has 3 aromatic carbocycles. The van der Waals surface area contributed by atoms with Gasteiger partial charge in [-0.1, -0.05) is 48.0 Å². The quantitative estimate of drug-likeness (QED) is 0.442. The maximum Gasteiger partial charge on any atom is 0.289 e. The van der Waals surface area contributed by atoms with Gasteiger partial charge in [-0.2, -0.15) is 0 Å². The zero-order valence-corrected chi connectivity index (χ0v) is 16.9. The number of rotatable bonds is 2. The fraction of sp³-hybridized carbons (Fsp3) is 0.208. The van der Waals surface area contributed by atoms with Gasteiger partial charge >= 0.3 is 0 Å². The zero-order chi connectivity index (χ0) is 20.0. The lowest BCUT2D eigenvalue weighted by molar-refractivity contribution is 0.0717. The summed E-state index contributed by atoms with van der Waals surface area (Å²) in [6, 6.07) is 19.9. The summed E-state index contributed by atoms with van der Waals surface area (Å²) >= 11 is 6.17. The first-order valence-electron chi connectivity index (χ1n) is 9.82. The van der Waals surface area contributed by atoms with Gasteiger partial charge in [-0.25, -0.2) is 0 Å². The summed E-state index contributed by atoms with van der Waals surface area (Å²) in [7, 11) is 0. The lowest BCUT2D eigenvalue weighted by atomic mass is 10.1. The van der Waals surface area contributed by atoms with E-state index >= 15 is 0 Å². The van der Waals surface area contributed by atoms with Crippen LogP contribution in [0.2, 0.25) is 5.02 Å². The van der Waals surface area contributed by atoms with Crippen LogP contribution in [0.25, 0.3) is 21.7 Å². The van der Waals surface area contributed by atoms with Crippen LogP contribution in [0.3, 0.4) is 0 Å². The highest BCUT2D eigenvalue weighted by atomic mass is 35.5. The fourth-order valence-corrected chi connectivity index (χ4v) is 4.29. The van der Waals surface area contributed by atoms with Gasteiger partial charge in [0.1, 0.15) is 5.58 Å². The molecule has 2 heterocycles. The summed E-state index contributed by atoms with van der Waals surface area (Å²) in [5.74, 6) is 0.358. The number of furan rings is 1. The predicted octanol–water partition coefficient (Wildman–Crippen LogP) is 5.51. The molecule has 1 aliphatic rings. The summed E-state index contributed by atoms with van der Waals surface area (Å²) in [5.41, 5.74) is 3.08. The van der Waals surface area contributed by atoms with Crippen molar-refractivity contribution in [3.63, 3.8) is 0 Å². The Morgan fingerprint density at radius 1 is 0.931 bits per heavy atom. The van der Waals surface area contributed by atoms with Crippen molar-refractivity contribution in [2.75, 3.05) is 31.1 Å². The number of aryl methyl sites for hydroxylation is 1. The summed E-state index contributed by atoms with van der Waals surface area (Å²) in [4.78, 5) is 17.2. The first kappa shape index (κ1) is 18.1. The second kappa shape index (κ2) is 7.12.